The molecule has 0 saturated carbocycles. The molecule has 184 valence electrons. The van der Waals surface area contributed by atoms with Crippen molar-refractivity contribution in [3.63, 3.8) is 0 Å². The quantitative estimate of drug-likeness (QED) is 0.248. The Morgan fingerprint density at radius 2 is 1.68 bits per heavy atom. The number of aromatic nitrogens is 5. The first-order chi connectivity index (χ1) is 18.1. The number of nitrogen functional groups attached to an aromatic ring is 1. The number of rotatable bonds is 8. The molecule has 1 amide bonds. The Kier molecular flexibility index (Phi) is 6.66. The van der Waals surface area contributed by atoms with Gasteiger partial charge in [-0.2, -0.15) is 9.78 Å². The lowest BCUT2D eigenvalue weighted by atomic mass is 10.0. The van der Waals surface area contributed by atoms with Crippen molar-refractivity contribution >= 4 is 23.6 Å². The van der Waals surface area contributed by atoms with Gasteiger partial charge in [-0.05, 0) is 39.1 Å². The van der Waals surface area contributed by atoms with E-state index in [9.17, 15) is 4.79 Å². The summed E-state index contributed by atoms with van der Waals surface area (Å²) in [4.78, 5) is 15.0. The Balaban J connectivity index is 1.35. The van der Waals surface area contributed by atoms with Gasteiger partial charge >= 0.3 is 0 Å². The fourth-order valence-corrected chi connectivity index (χ4v) is 3.74. The highest BCUT2D eigenvalue weighted by Crippen LogP contribution is 2.21. The molecular weight excluding hydrogens is 470 g/mol. The summed E-state index contributed by atoms with van der Waals surface area (Å²) in [6, 6.07) is 27.6. The van der Waals surface area contributed by atoms with Crippen LogP contribution in [0.25, 0.3) is 16.9 Å². The van der Waals surface area contributed by atoms with E-state index in [0.717, 1.165) is 22.4 Å². The molecule has 3 aromatic carbocycles. The molecule has 0 fully saturated rings. The van der Waals surface area contributed by atoms with Gasteiger partial charge in [0.25, 0.3) is 5.91 Å². The lowest BCUT2D eigenvalue weighted by Gasteiger charge is -2.19. The van der Waals surface area contributed by atoms with Crippen molar-refractivity contribution in [1.82, 2.24) is 30.7 Å². The van der Waals surface area contributed by atoms with E-state index < -0.39 is 5.91 Å². The first-order valence-corrected chi connectivity index (χ1v) is 11.4. The SMILES string of the molecule is CN(Cc1c(C(=O)N/N=C/c2ccc(-c3ccccc3)cc2)nnn1-c1nonc1N)c1ccccc1. The second-order valence-corrected chi connectivity index (χ2v) is 8.15. The molecule has 5 aromatic rings. The van der Waals surface area contributed by atoms with Crippen molar-refractivity contribution in [1.29, 1.82) is 0 Å². The maximum Gasteiger partial charge on any atom is 0.293 e. The molecule has 0 saturated heterocycles. The van der Waals surface area contributed by atoms with Crippen molar-refractivity contribution in [3.05, 3.63) is 102 Å². The van der Waals surface area contributed by atoms with Crippen molar-refractivity contribution in [2.75, 3.05) is 17.7 Å². The van der Waals surface area contributed by atoms with Crippen molar-refractivity contribution in [2.24, 2.45) is 5.10 Å². The number of hydrogen-bond acceptors (Lipinski definition) is 9. The predicted molar refractivity (Wildman–Crippen MR) is 139 cm³/mol. The zero-order valence-corrected chi connectivity index (χ0v) is 19.9. The maximum atomic E-state index is 13.0. The van der Waals surface area contributed by atoms with E-state index in [2.05, 4.69) is 31.2 Å². The minimum atomic E-state index is -0.533. The van der Waals surface area contributed by atoms with Crippen LogP contribution in [0, 0.1) is 0 Å². The van der Waals surface area contributed by atoms with Crippen molar-refractivity contribution in [2.45, 2.75) is 6.54 Å². The third kappa shape index (κ3) is 5.20. The van der Waals surface area contributed by atoms with Crippen LogP contribution in [0.3, 0.4) is 0 Å². The lowest BCUT2D eigenvalue weighted by molar-refractivity contribution is 0.0949. The van der Waals surface area contributed by atoms with Gasteiger partial charge < -0.3 is 10.6 Å². The Bertz CT molecular complexity index is 1510. The molecule has 11 nitrogen and oxygen atoms in total. The number of anilines is 2. The van der Waals surface area contributed by atoms with Crippen LogP contribution in [0.4, 0.5) is 11.5 Å². The van der Waals surface area contributed by atoms with Crippen molar-refractivity contribution in [3.8, 4) is 16.9 Å². The van der Waals surface area contributed by atoms with E-state index in [4.69, 9.17) is 10.4 Å². The second-order valence-electron chi connectivity index (χ2n) is 8.15. The Morgan fingerprint density at radius 1 is 1.00 bits per heavy atom. The number of nitrogens with zero attached hydrogens (tertiary/aromatic N) is 7. The molecule has 0 radical (unpaired) electrons. The van der Waals surface area contributed by atoms with Crippen LogP contribution >= 0.6 is 0 Å². The fourth-order valence-electron chi connectivity index (χ4n) is 3.74. The number of nitrogens with one attached hydrogen (secondary N) is 1. The lowest BCUT2D eigenvalue weighted by Crippen LogP contribution is -2.24. The summed E-state index contributed by atoms with van der Waals surface area (Å²) >= 11 is 0. The molecule has 0 unspecified atom stereocenters. The minimum Gasteiger partial charge on any atom is -0.378 e. The number of nitrogens with two attached hydrogens (primary N) is 1. The van der Waals surface area contributed by atoms with Gasteiger partial charge in [-0.1, -0.05) is 78.0 Å². The van der Waals surface area contributed by atoms with Gasteiger partial charge in [0.05, 0.1) is 18.5 Å². The van der Waals surface area contributed by atoms with Gasteiger partial charge in [-0.15, -0.1) is 5.10 Å². The fraction of sp³-hybridized carbons (Fsp3) is 0.0769. The van der Waals surface area contributed by atoms with Gasteiger partial charge in [-0.3, -0.25) is 4.79 Å². The van der Waals surface area contributed by atoms with Gasteiger partial charge in [0.1, 0.15) is 0 Å². The first-order valence-electron chi connectivity index (χ1n) is 11.4. The van der Waals surface area contributed by atoms with Crippen LogP contribution < -0.4 is 16.1 Å². The normalized spacial score (nSPS) is 11.1. The minimum absolute atomic E-state index is 0.0254. The van der Waals surface area contributed by atoms with Crippen LogP contribution in [0.2, 0.25) is 0 Å². The highest BCUT2D eigenvalue weighted by Gasteiger charge is 2.25. The van der Waals surface area contributed by atoms with E-state index in [0.29, 0.717) is 5.69 Å². The molecule has 3 N–H and O–H groups in total. The van der Waals surface area contributed by atoms with E-state index in [1.54, 1.807) is 6.21 Å². The number of carbonyl (C=O) groups is 1. The smallest absolute Gasteiger partial charge is 0.293 e. The molecule has 5 rings (SSSR count). The standard InChI is InChI=1S/C26H23N9O2/c1-34(21-10-6-3-7-11-21)17-22-23(29-33-35(22)25-24(27)31-37-32-25)26(36)30-28-16-18-12-14-20(15-13-18)19-8-4-2-5-9-19/h2-16H,17H2,1H3,(H2,27,31)(H,30,36)/b28-16+. The summed E-state index contributed by atoms with van der Waals surface area (Å²) in [5.41, 5.74) is 12.9. The summed E-state index contributed by atoms with van der Waals surface area (Å²) in [6.07, 6.45) is 1.56. The van der Waals surface area contributed by atoms with Gasteiger partial charge in [0, 0.05) is 12.7 Å². The largest absolute Gasteiger partial charge is 0.378 e. The summed E-state index contributed by atoms with van der Waals surface area (Å²) in [5.74, 6) is -0.364. The average molecular weight is 494 g/mol. The summed E-state index contributed by atoms with van der Waals surface area (Å²) in [6.45, 7) is 0.275. The molecule has 37 heavy (non-hydrogen) atoms. The molecule has 2 heterocycles. The van der Waals surface area contributed by atoms with Crippen LogP contribution in [0.5, 0.6) is 0 Å². The summed E-state index contributed by atoms with van der Waals surface area (Å²) in [7, 11) is 1.88. The topological polar surface area (TPSA) is 140 Å². The number of para-hydroxylation sites is 1. The second kappa shape index (κ2) is 10.5. The Hall–Kier alpha value is -5.32. The molecule has 0 atom stereocenters. The molecule has 11 heteroatoms. The highest BCUT2D eigenvalue weighted by atomic mass is 16.6. The number of carbonyl (C=O) groups excluding carboxylic acids is 1. The molecule has 0 spiro atoms. The Morgan fingerprint density at radius 3 is 2.35 bits per heavy atom. The first kappa shape index (κ1) is 23.4. The van der Waals surface area contributed by atoms with Crippen LogP contribution in [-0.2, 0) is 6.54 Å². The number of amides is 1. The third-order valence-electron chi connectivity index (χ3n) is 5.66. The van der Waals surface area contributed by atoms with Crippen LogP contribution in [0.15, 0.2) is 94.7 Å². The zero-order chi connectivity index (χ0) is 25.6. The molecule has 2 aromatic heterocycles. The van der Waals surface area contributed by atoms with Gasteiger partial charge in [-0.25, -0.2) is 10.1 Å². The molecule has 0 aliphatic carbocycles. The molecule has 0 aliphatic rings. The third-order valence-corrected chi connectivity index (χ3v) is 5.66. The van der Waals surface area contributed by atoms with Crippen LogP contribution in [-0.4, -0.2) is 44.5 Å². The maximum absolute atomic E-state index is 13.0. The highest BCUT2D eigenvalue weighted by molar-refractivity contribution is 5.94. The number of hydrazone groups is 1. The van der Waals surface area contributed by atoms with E-state index in [1.807, 2.05) is 96.9 Å². The summed E-state index contributed by atoms with van der Waals surface area (Å²) in [5, 5.41) is 19.6. The monoisotopic (exact) mass is 493 g/mol. The number of hydrogen-bond donors (Lipinski definition) is 2. The van der Waals surface area contributed by atoms with E-state index in [1.165, 1.54) is 4.68 Å². The Labute approximate surface area is 212 Å². The van der Waals surface area contributed by atoms with Crippen molar-refractivity contribution < 1.29 is 9.42 Å². The molecule has 0 bridgehead atoms. The molecular formula is C26H23N9O2. The predicted octanol–water partition coefficient (Wildman–Crippen LogP) is 3.30. The summed E-state index contributed by atoms with van der Waals surface area (Å²) < 4.78 is 6.05. The van der Waals surface area contributed by atoms with Gasteiger partial charge in [0.2, 0.25) is 11.6 Å². The van der Waals surface area contributed by atoms with E-state index in [-0.39, 0.29) is 23.9 Å². The zero-order valence-electron chi connectivity index (χ0n) is 19.9. The van der Waals surface area contributed by atoms with E-state index >= 15 is 0 Å². The van der Waals surface area contributed by atoms with Gasteiger partial charge in [0.15, 0.2) is 5.69 Å². The van der Waals surface area contributed by atoms with Crippen LogP contribution in [0.1, 0.15) is 21.7 Å². The average Bonchev–Trinajstić information content (AvgIpc) is 3.55. The molecule has 0 aliphatic heterocycles. The number of benzene rings is 3.